The Kier molecular flexibility index (Phi) is 6.42. The predicted molar refractivity (Wildman–Crippen MR) is 97.4 cm³/mol. The van der Waals surface area contributed by atoms with Gasteiger partial charge in [0.2, 0.25) is 0 Å². The number of ether oxygens (including phenoxy) is 2. The predicted octanol–water partition coefficient (Wildman–Crippen LogP) is 4.27. The first-order valence-corrected chi connectivity index (χ1v) is 8.19. The van der Waals surface area contributed by atoms with Crippen LogP contribution in [0.3, 0.4) is 0 Å². The molecule has 0 radical (unpaired) electrons. The summed E-state index contributed by atoms with van der Waals surface area (Å²) in [5, 5.41) is 3.06. The lowest BCUT2D eigenvalue weighted by Crippen LogP contribution is -2.21. The van der Waals surface area contributed by atoms with Crippen molar-refractivity contribution in [2.45, 2.75) is 19.8 Å². The zero-order chi connectivity index (χ0) is 18.4. The summed E-state index contributed by atoms with van der Waals surface area (Å²) in [6.07, 6.45) is 0. The van der Waals surface area contributed by atoms with Gasteiger partial charge < -0.3 is 14.8 Å². The number of hydrogen-bond acceptors (Lipinski definition) is 4. The summed E-state index contributed by atoms with van der Waals surface area (Å²) in [5.74, 6) is -0.353. The highest BCUT2D eigenvalue weighted by atomic mass is 35.5. The number of carbonyl (C=O) groups excluding carboxylic acids is 2. The fourth-order valence-corrected chi connectivity index (χ4v) is 2.37. The van der Waals surface area contributed by atoms with Crippen molar-refractivity contribution in [1.29, 1.82) is 0 Å². The van der Waals surface area contributed by atoms with Gasteiger partial charge >= 0.3 is 5.97 Å². The van der Waals surface area contributed by atoms with Crippen LogP contribution < -0.4 is 10.1 Å². The molecule has 0 saturated carbocycles. The van der Waals surface area contributed by atoms with E-state index in [1.807, 2.05) is 24.3 Å². The van der Waals surface area contributed by atoms with E-state index in [9.17, 15) is 9.59 Å². The van der Waals surface area contributed by atoms with Crippen LogP contribution in [0.4, 0.5) is 5.69 Å². The summed E-state index contributed by atoms with van der Waals surface area (Å²) in [6, 6.07) is 12.1. The van der Waals surface area contributed by atoms with E-state index in [-0.39, 0.29) is 5.56 Å². The van der Waals surface area contributed by atoms with Crippen molar-refractivity contribution in [3.05, 3.63) is 58.6 Å². The summed E-state index contributed by atoms with van der Waals surface area (Å²) in [4.78, 5) is 24.1. The average molecular weight is 362 g/mol. The number of anilines is 1. The molecule has 6 heteroatoms. The van der Waals surface area contributed by atoms with Crippen LogP contribution in [0.2, 0.25) is 5.02 Å². The number of halogens is 1. The first-order chi connectivity index (χ1) is 11.9. The SMILES string of the molecule is COc1ccc(Cl)cc1C(=O)OCC(=O)Nc1ccc(C(C)C)cc1. The zero-order valence-electron chi connectivity index (χ0n) is 14.3. The smallest absolute Gasteiger partial charge is 0.342 e. The maximum atomic E-state index is 12.1. The minimum atomic E-state index is -0.676. The van der Waals surface area contributed by atoms with Crippen molar-refractivity contribution >= 4 is 29.2 Å². The minimum Gasteiger partial charge on any atom is -0.496 e. The lowest BCUT2D eigenvalue weighted by Gasteiger charge is -2.10. The number of rotatable bonds is 6. The van der Waals surface area contributed by atoms with E-state index in [0.29, 0.717) is 22.4 Å². The van der Waals surface area contributed by atoms with Crippen LogP contribution in [-0.4, -0.2) is 25.6 Å². The molecule has 1 N–H and O–H groups in total. The molecular formula is C19H20ClNO4. The Morgan fingerprint density at radius 2 is 1.80 bits per heavy atom. The molecule has 0 heterocycles. The Balaban J connectivity index is 1.93. The van der Waals surface area contributed by atoms with E-state index in [1.165, 1.54) is 18.7 Å². The summed E-state index contributed by atoms with van der Waals surface area (Å²) in [5.41, 5.74) is 1.99. The Bertz CT molecular complexity index is 757. The third kappa shape index (κ3) is 5.22. The molecule has 1 amide bonds. The Morgan fingerprint density at radius 3 is 2.40 bits per heavy atom. The van der Waals surface area contributed by atoms with Crippen LogP contribution in [0.25, 0.3) is 0 Å². The van der Waals surface area contributed by atoms with Gasteiger partial charge in [-0.15, -0.1) is 0 Å². The molecule has 0 aliphatic rings. The molecule has 0 aromatic heterocycles. The number of benzene rings is 2. The van der Waals surface area contributed by atoms with Gasteiger partial charge in [-0.2, -0.15) is 0 Å². The Labute approximate surface area is 151 Å². The second-order valence-corrected chi connectivity index (χ2v) is 6.18. The number of amides is 1. The quantitative estimate of drug-likeness (QED) is 0.780. The molecule has 0 bridgehead atoms. The van der Waals surface area contributed by atoms with Crippen molar-refractivity contribution in [2.75, 3.05) is 19.0 Å². The molecule has 25 heavy (non-hydrogen) atoms. The van der Waals surface area contributed by atoms with Gasteiger partial charge in [0.05, 0.1) is 7.11 Å². The lowest BCUT2D eigenvalue weighted by molar-refractivity contribution is -0.119. The van der Waals surface area contributed by atoms with E-state index >= 15 is 0 Å². The van der Waals surface area contributed by atoms with Gasteiger partial charge in [-0.3, -0.25) is 4.79 Å². The number of esters is 1. The molecule has 0 fully saturated rings. The molecule has 0 spiro atoms. The van der Waals surface area contributed by atoms with E-state index in [4.69, 9.17) is 21.1 Å². The second-order valence-electron chi connectivity index (χ2n) is 5.75. The monoisotopic (exact) mass is 361 g/mol. The maximum absolute atomic E-state index is 12.1. The molecule has 132 valence electrons. The molecule has 5 nitrogen and oxygen atoms in total. The lowest BCUT2D eigenvalue weighted by atomic mass is 10.0. The van der Waals surface area contributed by atoms with E-state index in [0.717, 1.165) is 0 Å². The molecule has 2 aromatic carbocycles. The maximum Gasteiger partial charge on any atom is 0.342 e. The standard InChI is InChI=1S/C19H20ClNO4/c1-12(2)13-4-7-15(8-5-13)21-18(22)11-25-19(23)16-10-14(20)6-9-17(16)24-3/h4-10,12H,11H2,1-3H3,(H,21,22). The largest absolute Gasteiger partial charge is 0.496 e. The third-order valence-corrected chi connectivity index (χ3v) is 3.81. The van der Waals surface area contributed by atoms with Gasteiger partial charge in [0.15, 0.2) is 6.61 Å². The van der Waals surface area contributed by atoms with Crippen LogP contribution in [0.5, 0.6) is 5.75 Å². The third-order valence-electron chi connectivity index (χ3n) is 3.58. The summed E-state index contributed by atoms with van der Waals surface area (Å²) in [6.45, 7) is 3.79. The molecule has 0 aliphatic heterocycles. The van der Waals surface area contributed by atoms with E-state index in [2.05, 4.69) is 19.2 Å². The van der Waals surface area contributed by atoms with Crippen molar-refractivity contribution in [3.8, 4) is 5.75 Å². The Hall–Kier alpha value is -2.53. The van der Waals surface area contributed by atoms with Gasteiger partial charge in [-0.05, 0) is 41.8 Å². The highest BCUT2D eigenvalue weighted by Crippen LogP contribution is 2.23. The topological polar surface area (TPSA) is 64.6 Å². The van der Waals surface area contributed by atoms with Gasteiger partial charge in [0.1, 0.15) is 11.3 Å². The molecule has 2 aromatic rings. The number of methoxy groups -OCH3 is 1. The highest BCUT2D eigenvalue weighted by Gasteiger charge is 2.16. The van der Waals surface area contributed by atoms with E-state index < -0.39 is 18.5 Å². The fourth-order valence-electron chi connectivity index (χ4n) is 2.20. The van der Waals surface area contributed by atoms with Crippen LogP contribution in [0, 0.1) is 0 Å². The van der Waals surface area contributed by atoms with Gasteiger partial charge in [0.25, 0.3) is 5.91 Å². The van der Waals surface area contributed by atoms with Crippen LogP contribution in [0.15, 0.2) is 42.5 Å². The zero-order valence-corrected chi connectivity index (χ0v) is 15.1. The first-order valence-electron chi connectivity index (χ1n) is 7.81. The average Bonchev–Trinajstić information content (AvgIpc) is 2.60. The molecular weight excluding hydrogens is 342 g/mol. The summed E-state index contributed by atoms with van der Waals surface area (Å²) in [7, 11) is 1.44. The molecule has 0 unspecified atom stereocenters. The first kappa shape index (κ1) is 18.8. The van der Waals surface area contributed by atoms with Crippen molar-refractivity contribution in [1.82, 2.24) is 0 Å². The van der Waals surface area contributed by atoms with E-state index in [1.54, 1.807) is 12.1 Å². The number of nitrogens with one attached hydrogen (secondary N) is 1. The minimum absolute atomic E-state index is 0.170. The fraction of sp³-hybridized carbons (Fsp3) is 0.263. The van der Waals surface area contributed by atoms with Crippen molar-refractivity contribution in [3.63, 3.8) is 0 Å². The summed E-state index contributed by atoms with van der Waals surface area (Å²) >= 11 is 5.88. The Morgan fingerprint density at radius 1 is 1.12 bits per heavy atom. The molecule has 0 aliphatic carbocycles. The molecule has 2 rings (SSSR count). The molecule has 0 atom stereocenters. The normalized spacial score (nSPS) is 10.4. The van der Waals surface area contributed by atoms with Gasteiger partial charge in [-0.25, -0.2) is 4.79 Å². The van der Waals surface area contributed by atoms with Crippen LogP contribution in [-0.2, 0) is 9.53 Å². The summed E-state index contributed by atoms with van der Waals surface area (Å²) < 4.78 is 10.1. The second kappa shape index (κ2) is 8.53. The van der Waals surface area contributed by atoms with Crippen LogP contribution in [0.1, 0.15) is 35.7 Å². The number of hydrogen-bond donors (Lipinski definition) is 1. The van der Waals surface area contributed by atoms with Crippen LogP contribution >= 0.6 is 11.6 Å². The van der Waals surface area contributed by atoms with Crippen molar-refractivity contribution < 1.29 is 19.1 Å². The van der Waals surface area contributed by atoms with Gasteiger partial charge in [0, 0.05) is 10.7 Å². The van der Waals surface area contributed by atoms with Gasteiger partial charge in [-0.1, -0.05) is 37.6 Å². The highest BCUT2D eigenvalue weighted by molar-refractivity contribution is 6.31. The number of carbonyl (C=O) groups is 2. The van der Waals surface area contributed by atoms with Crippen molar-refractivity contribution in [2.24, 2.45) is 0 Å². The molecule has 0 saturated heterocycles.